The summed E-state index contributed by atoms with van der Waals surface area (Å²) in [5.41, 5.74) is 1.08. The van der Waals surface area contributed by atoms with Crippen molar-refractivity contribution in [2.75, 3.05) is 5.32 Å². The number of fused-ring (bicyclic) bond motifs is 1. The molecule has 0 aliphatic heterocycles. The lowest BCUT2D eigenvalue weighted by molar-refractivity contribution is -0.121. The van der Waals surface area contributed by atoms with Crippen LogP contribution in [0.3, 0.4) is 0 Å². The first-order valence-electron chi connectivity index (χ1n) is 9.02. The van der Waals surface area contributed by atoms with Gasteiger partial charge < -0.3 is 5.32 Å². The van der Waals surface area contributed by atoms with E-state index in [4.69, 9.17) is 4.98 Å². The molecule has 1 heterocycles. The van der Waals surface area contributed by atoms with Crippen molar-refractivity contribution in [1.29, 1.82) is 0 Å². The van der Waals surface area contributed by atoms with E-state index in [1.54, 1.807) is 29.5 Å². The van der Waals surface area contributed by atoms with Gasteiger partial charge in [0.25, 0.3) is 0 Å². The molecule has 1 unspecified atom stereocenters. The second-order valence-electron chi connectivity index (χ2n) is 6.88. The highest BCUT2D eigenvalue weighted by Gasteiger charge is 2.37. The van der Waals surface area contributed by atoms with Crippen molar-refractivity contribution in [1.82, 2.24) is 4.98 Å². The lowest BCUT2D eigenvalue weighted by atomic mass is 9.78. The van der Waals surface area contributed by atoms with Gasteiger partial charge in [-0.25, -0.2) is 9.37 Å². The van der Waals surface area contributed by atoms with Gasteiger partial charge in [-0.1, -0.05) is 54.6 Å². The number of carbonyl (C=O) groups is 1. The Morgan fingerprint density at radius 3 is 2.43 bits per heavy atom. The average Bonchev–Trinajstić information content (AvgIpc) is 3.12. The Kier molecular flexibility index (Phi) is 4.92. The third-order valence-electron chi connectivity index (χ3n) is 4.88. The Hall–Kier alpha value is -3.05. The highest BCUT2D eigenvalue weighted by molar-refractivity contribution is 7.18. The second-order valence-corrected chi connectivity index (χ2v) is 8.00. The summed E-state index contributed by atoms with van der Waals surface area (Å²) in [7, 11) is 0. The van der Waals surface area contributed by atoms with Gasteiger partial charge in [0.2, 0.25) is 5.91 Å². The quantitative estimate of drug-likeness (QED) is 0.484. The number of hydrogen-bond donors (Lipinski definition) is 1. The molecular formula is C23H19FN2OS. The fourth-order valence-corrected chi connectivity index (χ4v) is 4.36. The largest absolute Gasteiger partial charge is 0.323 e. The summed E-state index contributed by atoms with van der Waals surface area (Å²) in [5.74, 6) is -0.714. The molecule has 0 bridgehead atoms. The Labute approximate surface area is 166 Å². The van der Waals surface area contributed by atoms with Gasteiger partial charge in [0.15, 0.2) is 0 Å². The highest BCUT2D eigenvalue weighted by atomic mass is 32.1. The number of nitrogens with zero attached hydrogens (tertiary/aromatic N) is 1. The van der Waals surface area contributed by atoms with E-state index < -0.39 is 11.2 Å². The Bertz CT molecular complexity index is 1090. The predicted molar refractivity (Wildman–Crippen MR) is 112 cm³/mol. The van der Waals surface area contributed by atoms with Gasteiger partial charge in [-0.3, -0.25) is 4.79 Å². The van der Waals surface area contributed by atoms with Crippen LogP contribution in [0.2, 0.25) is 0 Å². The maximum Gasteiger partial charge on any atom is 0.235 e. The van der Waals surface area contributed by atoms with Gasteiger partial charge in [0.05, 0.1) is 26.3 Å². The summed E-state index contributed by atoms with van der Waals surface area (Å²) in [4.78, 5) is 18.0. The molecule has 1 aromatic heterocycles. The van der Waals surface area contributed by atoms with E-state index in [0.29, 0.717) is 6.42 Å². The van der Waals surface area contributed by atoms with Crippen LogP contribution in [0.25, 0.3) is 10.2 Å². The molecule has 4 aromatic rings. The predicted octanol–water partition coefficient (Wildman–Crippen LogP) is 5.57. The topological polar surface area (TPSA) is 42.0 Å². The number of amides is 1. The molecular weight excluding hydrogens is 371 g/mol. The second kappa shape index (κ2) is 7.52. The summed E-state index contributed by atoms with van der Waals surface area (Å²) >= 11 is 1.58. The molecule has 0 aliphatic rings. The van der Waals surface area contributed by atoms with Crippen LogP contribution in [0.4, 0.5) is 10.1 Å². The summed E-state index contributed by atoms with van der Waals surface area (Å²) in [6, 6.07) is 23.7. The normalized spacial score (nSPS) is 13.2. The van der Waals surface area contributed by atoms with Crippen LogP contribution < -0.4 is 5.32 Å². The van der Waals surface area contributed by atoms with Gasteiger partial charge in [-0.15, -0.1) is 11.3 Å². The number of halogens is 1. The third kappa shape index (κ3) is 3.53. The van der Waals surface area contributed by atoms with Crippen LogP contribution in [-0.4, -0.2) is 10.9 Å². The summed E-state index contributed by atoms with van der Waals surface area (Å²) in [6.07, 6.45) is 0.427. The number of nitrogens with one attached hydrogen (secondary N) is 1. The lowest BCUT2D eigenvalue weighted by Gasteiger charge is -2.28. The number of carbonyl (C=O) groups excluding carboxylic acids is 1. The molecule has 0 saturated heterocycles. The molecule has 0 fully saturated rings. The molecule has 0 aliphatic carbocycles. The van der Waals surface area contributed by atoms with E-state index in [1.807, 2.05) is 61.5 Å². The lowest BCUT2D eigenvalue weighted by Crippen LogP contribution is -2.39. The number of anilines is 1. The number of thiazole rings is 1. The van der Waals surface area contributed by atoms with Gasteiger partial charge in [0, 0.05) is 6.42 Å². The maximum absolute atomic E-state index is 14.1. The van der Waals surface area contributed by atoms with Gasteiger partial charge in [-0.2, -0.15) is 0 Å². The molecule has 4 rings (SSSR count). The molecule has 1 atom stereocenters. The van der Waals surface area contributed by atoms with E-state index >= 15 is 0 Å². The van der Waals surface area contributed by atoms with Crippen molar-refractivity contribution in [3.05, 3.63) is 95.3 Å². The molecule has 28 heavy (non-hydrogen) atoms. The van der Waals surface area contributed by atoms with E-state index in [2.05, 4.69) is 5.32 Å². The van der Waals surface area contributed by atoms with E-state index in [-0.39, 0.29) is 11.6 Å². The number of hydrogen-bond acceptors (Lipinski definition) is 3. The number of rotatable bonds is 5. The Balaban J connectivity index is 1.71. The number of benzene rings is 3. The van der Waals surface area contributed by atoms with Crippen molar-refractivity contribution in [2.45, 2.75) is 18.8 Å². The highest BCUT2D eigenvalue weighted by Crippen LogP contribution is 2.33. The van der Waals surface area contributed by atoms with Gasteiger partial charge in [0.1, 0.15) is 5.82 Å². The van der Waals surface area contributed by atoms with Crippen LogP contribution in [0.1, 0.15) is 17.5 Å². The van der Waals surface area contributed by atoms with Crippen LogP contribution in [0.15, 0.2) is 78.9 Å². The minimum absolute atomic E-state index is 0.180. The first kappa shape index (κ1) is 18.3. The standard InChI is InChI=1S/C23H19FN2OS/c1-23(16-9-3-2-4-10-16,22(27)26-18-12-6-5-11-17(18)24)15-21-25-19-13-7-8-14-20(19)28-21/h2-14H,15H2,1H3,(H,26,27). The van der Waals surface area contributed by atoms with Crippen molar-refractivity contribution in [2.24, 2.45) is 0 Å². The Morgan fingerprint density at radius 1 is 1.00 bits per heavy atom. The molecule has 0 spiro atoms. The minimum Gasteiger partial charge on any atom is -0.323 e. The van der Waals surface area contributed by atoms with Gasteiger partial charge >= 0.3 is 0 Å². The van der Waals surface area contributed by atoms with Gasteiger partial charge in [-0.05, 0) is 36.8 Å². The minimum atomic E-state index is -0.891. The zero-order valence-corrected chi connectivity index (χ0v) is 16.2. The van der Waals surface area contributed by atoms with Crippen molar-refractivity contribution in [3.8, 4) is 0 Å². The SMILES string of the molecule is CC(Cc1nc2ccccc2s1)(C(=O)Nc1ccccc1F)c1ccccc1. The fourth-order valence-electron chi connectivity index (χ4n) is 3.24. The Morgan fingerprint density at radius 2 is 1.68 bits per heavy atom. The molecule has 5 heteroatoms. The van der Waals surface area contributed by atoms with Crippen molar-refractivity contribution < 1.29 is 9.18 Å². The zero-order chi connectivity index (χ0) is 19.6. The van der Waals surface area contributed by atoms with E-state index in [0.717, 1.165) is 20.8 Å². The number of para-hydroxylation sites is 2. The molecule has 1 N–H and O–H groups in total. The van der Waals surface area contributed by atoms with Crippen LogP contribution in [0, 0.1) is 5.82 Å². The first-order chi connectivity index (χ1) is 13.6. The van der Waals surface area contributed by atoms with Crippen molar-refractivity contribution in [3.63, 3.8) is 0 Å². The molecule has 3 aromatic carbocycles. The van der Waals surface area contributed by atoms with E-state index in [1.165, 1.54) is 6.07 Å². The van der Waals surface area contributed by atoms with Crippen LogP contribution in [0.5, 0.6) is 0 Å². The van der Waals surface area contributed by atoms with Crippen molar-refractivity contribution >= 4 is 33.1 Å². The fraction of sp³-hybridized carbons (Fsp3) is 0.130. The summed E-state index contributed by atoms with van der Waals surface area (Å²) in [5, 5.41) is 3.64. The molecule has 0 radical (unpaired) electrons. The molecule has 1 amide bonds. The zero-order valence-electron chi connectivity index (χ0n) is 15.4. The first-order valence-corrected chi connectivity index (χ1v) is 9.84. The summed E-state index contributed by atoms with van der Waals surface area (Å²) < 4.78 is 15.2. The smallest absolute Gasteiger partial charge is 0.235 e. The van der Waals surface area contributed by atoms with Crippen LogP contribution in [-0.2, 0) is 16.6 Å². The van der Waals surface area contributed by atoms with E-state index in [9.17, 15) is 9.18 Å². The number of aromatic nitrogens is 1. The summed E-state index contributed by atoms with van der Waals surface area (Å²) in [6.45, 7) is 1.88. The third-order valence-corrected chi connectivity index (χ3v) is 5.91. The molecule has 140 valence electrons. The van der Waals surface area contributed by atoms with Crippen LogP contribution >= 0.6 is 11.3 Å². The molecule has 0 saturated carbocycles. The monoisotopic (exact) mass is 390 g/mol. The molecule has 3 nitrogen and oxygen atoms in total. The maximum atomic E-state index is 14.1. The average molecular weight is 390 g/mol.